The summed E-state index contributed by atoms with van der Waals surface area (Å²) >= 11 is 6.66. The zero-order valence-corrected chi connectivity index (χ0v) is 16.9. The van der Waals surface area contributed by atoms with Gasteiger partial charge in [0, 0.05) is 26.0 Å². The highest BCUT2D eigenvalue weighted by molar-refractivity contribution is 9.10. The van der Waals surface area contributed by atoms with Crippen molar-refractivity contribution in [2.24, 2.45) is 0 Å². The Morgan fingerprint density at radius 3 is 2.35 bits per heavy atom. The van der Waals surface area contributed by atoms with Gasteiger partial charge >= 0.3 is 0 Å². The van der Waals surface area contributed by atoms with Gasteiger partial charge in [-0.2, -0.15) is 0 Å². The van der Waals surface area contributed by atoms with E-state index in [1.807, 2.05) is 25.2 Å². The first-order chi connectivity index (χ1) is 11.0. The van der Waals surface area contributed by atoms with E-state index in [0.717, 1.165) is 39.4 Å². The Balaban J connectivity index is 0.000000253. The number of anilines is 1. The van der Waals surface area contributed by atoms with Gasteiger partial charge in [-0.25, -0.2) is 9.97 Å². The summed E-state index contributed by atoms with van der Waals surface area (Å²) in [6.07, 6.45) is 4.56. The molecule has 0 fully saturated rings. The van der Waals surface area contributed by atoms with Crippen LogP contribution in [-0.4, -0.2) is 37.8 Å². The van der Waals surface area contributed by atoms with Crippen LogP contribution in [0.3, 0.4) is 0 Å². The fourth-order valence-electron chi connectivity index (χ4n) is 1.84. The Morgan fingerprint density at radius 1 is 1.09 bits per heavy atom. The molecule has 0 amide bonds. The highest BCUT2D eigenvalue weighted by Crippen LogP contribution is 2.32. The number of hydrogen-bond donors (Lipinski definition) is 0. The molecule has 7 heteroatoms. The van der Waals surface area contributed by atoms with E-state index in [4.69, 9.17) is 9.47 Å². The summed E-state index contributed by atoms with van der Waals surface area (Å²) in [5.41, 5.74) is 0. The van der Waals surface area contributed by atoms with E-state index >= 15 is 0 Å². The molecule has 0 aromatic carbocycles. The smallest absolute Gasteiger partial charge is 0.175 e. The summed E-state index contributed by atoms with van der Waals surface area (Å²) in [6.45, 7) is 3.11. The molecule has 0 aliphatic rings. The lowest BCUT2D eigenvalue weighted by Crippen LogP contribution is -2.19. The maximum absolute atomic E-state index is 5.29. The first-order valence-corrected chi connectivity index (χ1v) is 8.67. The van der Waals surface area contributed by atoms with E-state index < -0.39 is 0 Å². The number of pyridine rings is 2. The lowest BCUT2D eigenvalue weighted by Gasteiger charge is -2.20. The van der Waals surface area contributed by atoms with Gasteiger partial charge in [-0.1, -0.05) is 6.92 Å². The van der Waals surface area contributed by atoms with E-state index in [2.05, 4.69) is 53.7 Å². The molecule has 23 heavy (non-hydrogen) atoms. The van der Waals surface area contributed by atoms with Crippen molar-refractivity contribution in [3.8, 4) is 11.5 Å². The number of methoxy groups -OCH3 is 2. The van der Waals surface area contributed by atoms with Gasteiger partial charge < -0.3 is 14.4 Å². The molecule has 0 bridgehead atoms. The van der Waals surface area contributed by atoms with Gasteiger partial charge in [0.15, 0.2) is 17.3 Å². The normalized spacial score (nSPS) is 9.65. The molecule has 0 saturated heterocycles. The van der Waals surface area contributed by atoms with Gasteiger partial charge in [-0.15, -0.1) is 0 Å². The summed E-state index contributed by atoms with van der Waals surface area (Å²) in [7, 11) is 5.29. The van der Waals surface area contributed by atoms with Crippen LogP contribution in [0.25, 0.3) is 0 Å². The molecular formula is C16H21Br2N3O2. The number of halogens is 2. The largest absolute Gasteiger partial charge is 0.494 e. The Bertz CT molecular complexity index is 612. The monoisotopic (exact) mass is 445 g/mol. The number of ether oxygens (including phenoxy) is 2. The third-order valence-corrected chi connectivity index (χ3v) is 4.13. The van der Waals surface area contributed by atoms with Gasteiger partial charge in [0.1, 0.15) is 4.60 Å². The van der Waals surface area contributed by atoms with E-state index in [0.29, 0.717) is 0 Å². The summed E-state index contributed by atoms with van der Waals surface area (Å²) in [5.74, 6) is 2.43. The minimum absolute atomic E-state index is 0.743. The number of rotatable bonds is 5. The summed E-state index contributed by atoms with van der Waals surface area (Å²) in [6, 6.07) is 5.54. The van der Waals surface area contributed by atoms with E-state index in [-0.39, 0.29) is 0 Å². The van der Waals surface area contributed by atoms with E-state index in [1.54, 1.807) is 26.6 Å². The molecule has 0 radical (unpaired) electrons. The van der Waals surface area contributed by atoms with Crippen LogP contribution in [0.4, 0.5) is 5.82 Å². The van der Waals surface area contributed by atoms with E-state index in [9.17, 15) is 0 Å². The van der Waals surface area contributed by atoms with E-state index in [1.165, 1.54) is 0 Å². The van der Waals surface area contributed by atoms with Crippen LogP contribution in [0.5, 0.6) is 11.5 Å². The second-order valence-corrected chi connectivity index (χ2v) is 6.17. The maximum Gasteiger partial charge on any atom is 0.175 e. The quantitative estimate of drug-likeness (QED) is 0.630. The Labute approximate surface area is 154 Å². The molecule has 0 atom stereocenters. The van der Waals surface area contributed by atoms with Gasteiger partial charge in [-0.05, 0) is 56.5 Å². The average molecular weight is 447 g/mol. The molecule has 0 N–H and O–H groups in total. The number of nitrogens with zero attached hydrogens (tertiary/aromatic N) is 3. The highest BCUT2D eigenvalue weighted by atomic mass is 79.9. The highest BCUT2D eigenvalue weighted by Gasteiger charge is 2.11. The molecule has 5 nitrogen and oxygen atoms in total. The molecule has 2 aromatic heterocycles. The number of aromatic nitrogens is 2. The van der Waals surface area contributed by atoms with Crippen LogP contribution in [-0.2, 0) is 0 Å². The van der Waals surface area contributed by atoms with Crippen molar-refractivity contribution in [1.29, 1.82) is 0 Å². The topological polar surface area (TPSA) is 47.5 Å². The second kappa shape index (κ2) is 10.4. The number of hydrogen-bond acceptors (Lipinski definition) is 5. The van der Waals surface area contributed by atoms with Crippen LogP contribution in [0, 0.1) is 0 Å². The van der Waals surface area contributed by atoms with Crippen LogP contribution < -0.4 is 14.4 Å². The molecule has 0 spiro atoms. The molecule has 2 aromatic rings. The van der Waals surface area contributed by atoms with Crippen molar-refractivity contribution in [2.45, 2.75) is 13.3 Å². The lowest BCUT2D eigenvalue weighted by atomic mass is 10.3. The fraction of sp³-hybridized carbons (Fsp3) is 0.375. The van der Waals surface area contributed by atoms with Crippen molar-refractivity contribution in [3.63, 3.8) is 0 Å². The van der Waals surface area contributed by atoms with Crippen molar-refractivity contribution >= 4 is 37.7 Å². The first kappa shape index (κ1) is 19.7. The molecule has 2 heterocycles. The zero-order chi connectivity index (χ0) is 17.2. The third kappa shape index (κ3) is 5.99. The first-order valence-electron chi connectivity index (χ1n) is 7.09. The van der Waals surface area contributed by atoms with Crippen molar-refractivity contribution in [1.82, 2.24) is 9.97 Å². The van der Waals surface area contributed by atoms with Crippen LogP contribution in [0.2, 0.25) is 0 Å². The molecule has 2 rings (SSSR count). The Kier molecular flexibility index (Phi) is 8.94. The second-order valence-electron chi connectivity index (χ2n) is 4.57. The summed E-state index contributed by atoms with van der Waals surface area (Å²) in [5, 5.41) is 0. The fourth-order valence-corrected chi connectivity index (χ4v) is 2.71. The van der Waals surface area contributed by atoms with Crippen molar-refractivity contribution in [3.05, 3.63) is 39.7 Å². The Hall–Kier alpha value is -1.34. The van der Waals surface area contributed by atoms with Crippen LogP contribution >= 0.6 is 31.9 Å². The van der Waals surface area contributed by atoms with Gasteiger partial charge in [-0.3, -0.25) is 0 Å². The lowest BCUT2D eigenvalue weighted by molar-refractivity contribution is 0.410. The van der Waals surface area contributed by atoms with Gasteiger partial charge in [0.2, 0.25) is 0 Å². The minimum Gasteiger partial charge on any atom is -0.494 e. The Morgan fingerprint density at radius 2 is 1.83 bits per heavy atom. The maximum atomic E-state index is 5.29. The predicted octanol–water partition coefficient (Wildman–Crippen LogP) is 4.55. The van der Waals surface area contributed by atoms with Gasteiger partial charge in [0.25, 0.3) is 0 Å². The molecule has 0 unspecified atom stereocenters. The van der Waals surface area contributed by atoms with Crippen molar-refractivity contribution < 1.29 is 9.47 Å². The average Bonchev–Trinajstić information content (AvgIpc) is 2.56. The van der Waals surface area contributed by atoms with Crippen molar-refractivity contribution in [2.75, 3.05) is 32.7 Å². The van der Waals surface area contributed by atoms with Crippen LogP contribution in [0.1, 0.15) is 13.3 Å². The summed E-state index contributed by atoms with van der Waals surface area (Å²) < 4.78 is 11.9. The van der Waals surface area contributed by atoms with Crippen LogP contribution in [0.15, 0.2) is 39.7 Å². The molecule has 0 aliphatic heterocycles. The molecule has 126 valence electrons. The third-order valence-electron chi connectivity index (χ3n) is 2.91. The zero-order valence-electron chi connectivity index (χ0n) is 13.7. The molecule has 0 aliphatic carbocycles. The van der Waals surface area contributed by atoms with Gasteiger partial charge in [0.05, 0.1) is 18.7 Å². The standard InChI is InChI=1S/C10H15BrN2O.C6H6BrNO/c1-4-7-13(2)10-9(14-3)8(11)5-6-12-10;1-9-5-3-2-4-8-6(5)7/h5-6H,4,7H2,1-3H3;2-4H,1H3. The SMILES string of the molecule is CCCN(C)c1nccc(Br)c1OC.COc1cccnc1Br. The predicted molar refractivity (Wildman–Crippen MR) is 101 cm³/mol. The molecule has 0 saturated carbocycles. The minimum atomic E-state index is 0.743. The molecular weight excluding hydrogens is 426 g/mol. The summed E-state index contributed by atoms with van der Waals surface area (Å²) in [4.78, 5) is 10.3.